The number of urea groups is 1. The number of aliphatic hydroxyl groups excluding tert-OH is 1. The van der Waals surface area contributed by atoms with E-state index in [1.165, 1.54) is 12.2 Å². The van der Waals surface area contributed by atoms with Gasteiger partial charge >= 0.3 is 6.03 Å². The quantitative estimate of drug-likeness (QED) is 0.549. The molecule has 132 valence electrons. The SMILES string of the molecule is NC1(C(=O)c2ccc(F)cc2)NC(=O)N([C@H]2C=C[C@@H](CO)O2)C=C1F. The Balaban J connectivity index is 1.86. The number of hydrogen-bond acceptors (Lipinski definition) is 5. The third-order valence-corrected chi connectivity index (χ3v) is 3.89. The lowest BCUT2D eigenvalue weighted by molar-refractivity contribution is -0.0262. The number of amides is 2. The molecule has 1 aromatic carbocycles. The van der Waals surface area contributed by atoms with E-state index in [4.69, 9.17) is 15.6 Å². The maximum atomic E-state index is 14.6. The Kier molecular flexibility index (Phi) is 4.38. The number of nitrogens with zero attached hydrogens (tertiary/aromatic N) is 1. The van der Waals surface area contributed by atoms with Crippen LogP contribution in [0.4, 0.5) is 13.6 Å². The van der Waals surface area contributed by atoms with Crippen LogP contribution in [0.3, 0.4) is 0 Å². The molecule has 2 heterocycles. The van der Waals surface area contributed by atoms with Gasteiger partial charge in [-0.3, -0.25) is 15.4 Å². The van der Waals surface area contributed by atoms with Gasteiger partial charge in [0.25, 0.3) is 0 Å². The molecule has 0 radical (unpaired) electrons. The first-order valence-electron chi connectivity index (χ1n) is 7.37. The van der Waals surface area contributed by atoms with Gasteiger partial charge in [0.05, 0.1) is 6.61 Å². The smallest absolute Gasteiger partial charge is 0.326 e. The minimum atomic E-state index is -2.40. The molecule has 3 rings (SSSR count). The van der Waals surface area contributed by atoms with Gasteiger partial charge in [-0.2, -0.15) is 0 Å². The minimum absolute atomic E-state index is 0.0569. The van der Waals surface area contributed by atoms with Crippen LogP contribution >= 0.6 is 0 Å². The number of rotatable bonds is 4. The van der Waals surface area contributed by atoms with E-state index < -0.39 is 41.5 Å². The molecule has 1 unspecified atom stereocenters. The van der Waals surface area contributed by atoms with Gasteiger partial charge in [0.2, 0.25) is 11.4 Å². The van der Waals surface area contributed by atoms with Crippen LogP contribution in [0.25, 0.3) is 0 Å². The van der Waals surface area contributed by atoms with Crippen molar-refractivity contribution in [3.63, 3.8) is 0 Å². The van der Waals surface area contributed by atoms with Crippen molar-refractivity contribution < 1.29 is 28.2 Å². The molecule has 9 heteroatoms. The van der Waals surface area contributed by atoms with Crippen LogP contribution in [-0.4, -0.2) is 46.4 Å². The molecular weight excluding hydrogens is 336 g/mol. The van der Waals surface area contributed by atoms with Crippen LogP contribution in [0.1, 0.15) is 10.4 Å². The first kappa shape index (κ1) is 17.2. The summed E-state index contributed by atoms with van der Waals surface area (Å²) in [6.45, 7) is -0.293. The second kappa shape index (κ2) is 6.36. The van der Waals surface area contributed by atoms with Gasteiger partial charge in [-0.05, 0) is 30.3 Å². The van der Waals surface area contributed by atoms with Crippen LogP contribution in [0.2, 0.25) is 0 Å². The van der Waals surface area contributed by atoms with Gasteiger partial charge in [-0.25, -0.2) is 13.6 Å². The van der Waals surface area contributed by atoms with Crippen molar-refractivity contribution in [3.05, 3.63) is 59.8 Å². The highest BCUT2D eigenvalue weighted by Gasteiger charge is 2.47. The van der Waals surface area contributed by atoms with Gasteiger partial charge in [0, 0.05) is 11.8 Å². The fraction of sp³-hybridized carbons (Fsp3) is 0.250. The van der Waals surface area contributed by atoms with Crippen molar-refractivity contribution in [1.82, 2.24) is 10.2 Å². The molecule has 2 aliphatic rings. The number of benzene rings is 1. The van der Waals surface area contributed by atoms with E-state index >= 15 is 0 Å². The second-order valence-electron chi connectivity index (χ2n) is 5.59. The van der Waals surface area contributed by atoms with E-state index in [0.717, 1.165) is 35.4 Å². The van der Waals surface area contributed by atoms with Crippen LogP contribution < -0.4 is 11.1 Å². The predicted octanol–water partition coefficient (Wildman–Crippen LogP) is 0.773. The summed E-state index contributed by atoms with van der Waals surface area (Å²) in [5, 5.41) is 11.1. The number of halogens is 2. The number of carbonyl (C=O) groups excluding carboxylic acids is 2. The first-order chi connectivity index (χ1) is 11.8. The normalized spacial score (nSPS) is 28.7. The summed E-state index contributed by atoms with van der Waals surface area (Å²) in [5.41, 5.74) is 3.32. The number of carbonyl (C=O) groups is 2. The zero-order valence-corrected chi connectivity index (χ0v) is 12.9. The fourth-order valence-electron chi connectivity index (χ4n) is 2.51. The van der Waals surface area contributed by atoms with Gasteiger partial charge in [-0.15, -0.1) is 0 Å². The van der Waals surface area contributed by atoms with E-state index in [9.17, 15) is 18.4 Å². The molecule has 0 bridgehead atoms. The molecule has 0 saturated carbocycles. The summed E-state index contributed by atoms with van der Waals surface area (Å²) in [5.74, 6) is -2.60. The maximum absolute atomic E-state index is 14.6. The lowest BCUT2D eigenvalue weighted by Gasteiger charge is -2.36. The highest BCUT2D eigenvalue weighted by molar-refractivity contribution is 6.07. The highest BCUT2D eigenvalue weighted by Crippen LogP contribution is 2.27. The third-order valence-electron chi connectivity index (χ3n) is 3.89. The molecule has 2 amide bonds. The zero-order valence-electron chi connectivity index (χ0n) is 12.9. The molecule has 0 fully saturated rings. The summed E-state index contributed by atoms with van der Waals surface area (Å²) in [4.78, 5) is 25.6. The Bertz CT molecular complexity index is 765. The fourth-order valence-corrected chi connectivity index (χ4v) is 2.51. The minimum Gasteiger partial charge on any atom is -0.393 e. The average molecular weight is 351 g/mol. The topological polar surface area (TPSA) is 105 Å². The van der Waals surface area contributed by atoms with Crippen molar-refractivity contribution in [2.24, 2.45) is 5.73 Å². The Hall–Kier alpha value is -2.62. The molecule has 1 aromatic rings. The molecule has 3 atom stereocenters. The summed E-state index contributed by atoms with van der Waals surface area (Å²) < 4.78 is 32.8. The summed E-state index contributed by atoms with van der Waals surface area (Å²) in [6.07, 6.45) is 2.22. The summed E-state index contributed by atoms with van der Waals surface area (Å²) in [7, 11) is 0. The van der Waals surface area contributed by atoms with Crippen LogP contribution in [0.5, 0.6) is 0 Å². The predicted molar refractivity (Wildman–Crippen MR) is 82.1 cm³/mol. The molecule has 0 saturated heterocycles. The Morgan fingerprint density at radius 1 is 1.32 bits per heavy atom. The van der Waals surface area contributed by atoms with Crippen molar-refractivity contribution in [3.8, 4) is 0 Å². The molecule has 25 heavy (non-hydrogen) atoms. The lowest BCUT2D eigenvalue weighted by atomic mass is 9.96. The van der Waals surface area contributed by atoms with Crippen molar-refractivity contribution in [1.29, 1.82) is 0 Å². The van der Waals surface area contributed by atoms with E-state index in [-0.39, 0.29) is 12.2 Å². The number of hydrogen-bond donors (Lipinski definition) is 3. The van der Waals surface area contributed by atoms with E-state index in [0.29, 0.717) is 0 Å². The lowest BCUT2D eigenvalue weighted by Crippen LogP contribution is -2.67. The second-order valence-corrected chi connectivity index (χ2v) is 5.59. The van der Waals surface area contributed by atoms with E-state index in [1.54, 1.807) is 0 Å². The number of ketones is 1. The van der Waals surface area contributed by atoms with Gasteiger partial charge in [0.1, 0.15) is 11.9 Å². The highest BCUT2D eigenvalue weighted by atomic mass is 19.1. The Morgan fingerprint density at radius 2 is 2.00 bits per heavy atom. The monoisotopic (exact) mass is 351 g/mol. The largest absolute Gasteiger partial charge is 0.393 e. The zero-order chi connectivity index (χ0) is 18.2. The summed E-state index contributed by atoms with van der Waals surface area (Å²) >= 11 is 0. The number of nitrogens with two attached hydrogens (primary N) is 1. The number of aliphatic hydroxyl groups is 1. The first-order valence-corrected chi connectivity index (χ1v) is 7.37. The van der Waals surface area contributed by atoms with E-state index in [2.05, 4.69) is 5.32 Å². The molecule has 2 aliphatic heterocycles. The van der Waals surface area contributed by atoms with E-state index in [1.807, 2.05) is 0 Å². The van der Waals surface area contributed by atoms with Gasteiger partial charge in [0.15, 0.2) is 12.1 Å². The van der Waals surface area contributed by atoms with Crippen LogP contribution in [-0.2, 0) is 4.74 Å². The van der Waals surface area contributed by atoms with Crippen LogP contribution in [0, 0.1) is 5.82 Å². The Morgan fingerprint density at radius 3 is 2.60 bits per heavy atom. The van der Waals surface area contributed by atoms with Gasteiger partial charge in [-0.1, -0.05) is 6.08 Å². The molecule has 4 N–H and O–H groups in total. The molecular formula is C16H15F2N3O4. The molecule has 0 aromatic heterocycles. The average Bonchev–Trinajstić information content (AvgIpc) is 3.07. The number of nitrogens with one attached hydrogen (secondary N) is 1. The third kappa shape index (κ3) is 3.04. The molecule has 0 aliphatic carbocycles. The number of Topliss-reactive ketones (excluding diaryl/α,β-unsaturated/α-hetero) is 1. The maximum Gasteiger partial charge on any atom is 0.326 e. The van der Waals surface area contributed by atoms with Gasteiger partial charge < -0.3 is 15.2 Å². The standard InChI is InChI=1S/C16H15F2N3O4/c17-10-3-1-9(2-4-10)14(23)16(19)12(18)7-21(15(24)20-16)13-6-5-11(8-22)25-13/h1-7,11,13,22H,8,19H2,(H,20,24)/t11-,13+,16?/m0/s1. The summed E-state index contributed by atoms with van der Waals surface area (Å²) in [6, 6.07) is 3.50. The van der Waals surface area contributed by atoms with Crippen molar-refractivity contribution >= 4 is 11.8 Å². The van der Waals surface area contributed by atoms with Crippen molar-refractivity contribution in [2.75, 3.05) is 6.61 Å². The van der Waals surface area contributed by atoms with Crippen molar-refractivity contribution in [2.45, 2.75) is 18.0 Å². The molecule has 7 nitrogen and oxygen atoms in total. The number of ether oxygens (including phenoxy) is 1. The molecule has 0 spiro atoms. The van der Waals surface area contributed by atoms with Crippen LogP contribution in [0.15, 0.2) is 48.4 Å². The Labute approximate surface area is 141 Å².